The van der Waals surface area contributed by atoms with Crippen molar-refractivity contribution in [3.05, 3.63) is 29.8 Å². The SMILES string of the molecule is N#CC1(CC2Cc3ccccc3S2)CC2CCC1O2. The van der Waals surface area contributed by atoms with E-state index in [0.29, 0.717) is 11.4 Å². The van der Waals surface area contributed by atoms with Crippen molar-refractivity contribution >= 4 is 11.8 Å². The molecule has 2 bridgehead atoms. The molecule has 0 spiro atoms. The number of thioether (sulfide) groups is 1. The van der Waals surface area contributed by atoms with Gasteiger partial charge in [0.1, 0.15) is 0 Å². The molecule has 1 aromatic rings. The molecule has 0 aromatic heterocycles. The molecule has 3 heteroatoms. The first kappa shape index (κ1) is 11.8. The molecule has 0 aliphatic carbocycles. The Morgan fingerprint density at radius 1 is 1.37 bits per heavy atom. The van der Waals surface area contributed by atoms with Gasteiger partial charge in [-0.25, -0.2) is 0 Å². The summed E-state index contributed by atoms with van der Waals surface area (Å²) in [7, 11) is 0. The van der Waals surface area contributed by atoms with Gasteiger partial charge in [-0.15, -0.1) is 11.8 Å². The minimum Gasteiger partial charge on any atom is -0.373 e. The highest BCUT2D eigenvalue weighted by Crippen LogP contribution is 2.53. The zero-order valence-corrected chi connectivity index (χ0v) is 11.7. The Hall–Kier alpha value is -0.980. The minimum atomic E-state index is -0.206. The summed E-state index contributed by atoms with van der Waals surface area (Å²) >= 11 is 1.96. The van der Waals surface area contributed by atoms with Gasteiger partial charge in [-0.05, 0) is 43.7 Å². The first-order valence-corrected chi connectivity index (χ1v) is 7.98. The monoisotopic (exact) mass is 271 g/mol. The molecule has 3 heterocycles. The second-order valence-electron chi connectivity index (χ2n) is 6.05. The Bertz CT molecular complexity index is 527. The molecule has 1 aromatic carbocycles. The molecule has 2 fully saturated rings. The first-order valence-electron chi connectivity index (χ1n) is 7.10. The predicted octanol–water partition coefficient (Wildman–Crippen LogP) is 3.55. The van der Waals surface area contributed by atoms with Crippen LogP contribution in [0.25, 0.3) is 0 Å². The van der Waals surface area contributed by atoms with Crippen LogP contribution in [-0.4, -0.2) is 17.5 Å². The Labute approximate surface area is 118 Å². The summed E-state index contributed by atoms with van der Waals surface area (Å²) in [6.07, 6.45) is 5.87. The lowest BCUT2D eigenvalue weighted by molar-refractivity contribution is 0.0762. The highest BCUT2D eigenvalue weighted by Gasteiger charge is 2.53. The summed E-state index contributed by atoms with van der Waals surface area (Å²) in [6.45, 7) is 0. The number of rotatable bonds is 2. The van der Waals surface area contributed by atoms with Crippen LogP contribution >= 0.6 is 11.8 Å². The molecule has 4 unspecified atom stereocenters. The van der Waals surface area contributed by atoms with Gasteiger partial charge < -0.3 is 4.74 Å². The lowest BCUT2D eigenvalue weighted by Gasteiger charge is -2.30. The van der Waals surface area contributed by atoms with Crippen molar-refractivity contribution in [2.24, 2.45) is 5.41 Å². The molecule has 0 N–H and O–H groups in total. The van der Waals surface area contributed by atoms with Gasteiger partial charge in [0.05, 0.1) is 23.7 Å². The van der Waals surface area contributed by atoms with Crippen LogP contribution in [0.2, 0.25) is 0 Å². The molecular weight excluding hydrogens is 254 g/mol. The fourth-order valence-corrected chi connectivity index (χ4v) is 5.41. The average Bonchev–Trinajstić information content (AvgIpc) is 3.11. The van der Waals surface area contributed by atoms with Crippen molar-refractivity contribution in [1.82, 2.24) is 0 Å². The summed E-state index contributed by atoms with van der Waals surface area (Å²) in [4.78, 5) is 1.41. The third kappa shape index (κ3) is 1.81. The van der Waals surface area contributed by atoms with E-state index >= 15 is 0 Å². The van der Waals surface area contributed by atoms with Crippen LogP contribution in [0, 0.1) is 16.7 Å². The van der Waals surface area contributed by atoms with E-state index in [2.05, 4.69) is 30.3 Å². The van der Waals surface area contributed by atoms with E-state index in [1.54, 1.807) is 0 Å². The molecule has 4 rings (SSSR count). The van der Waals surface area contributed by atoms with Gasteiger partial charge in [-0.1, -0.05) is 18.2 Å². The van der Waals surface area contributed by atoms with Gasteiger partial charge in [0, 0.05) is 10.1 Å². The van der Waals surface area contributed by atoms with Crippen LogP contribution in [0.1, 0.15) is 31.2 Å². The van der Waals surface area contributed by atoms with Crippen LogP contribution in [0.3, 0.4) is 0 Å². The molecular formula is C16H17NOS. The molecule has 3 aliphatic heterocycles. The number of fused-ring (bicyclic) bond motifs is 3. The summed E-state index contributed by atoms with van der Waals surface area (Å²) in [5.41, 5.74) is 1.25. The normalized spacial score (nSPS) is 39.2. The number of benzene rings is 1. The van der Waals surface area contributed by atoms with E-state index < -0.39 is 0 Å². The number of hydrogen-bond acceptors (Lipinski definition) is 3. The molecule has 4 atom stereocenters. The number of nitrogens with zero attached hydrogens (tertiary/aromatic N) is 1. The van der Waals surface area contributed by atoms with Gasteiger partial charge in [-0.2, -0.15) is 5.26 Å². The highest BCUT2D eigenvalue weighted by molar-refractivity contribution is 8.00. The maximum Gasteiger partial charge on any atom is 0.0870 e. The fraction of sp³-hybridized carbons (Fsp3) is 0.562. The van der Waals surface area contributed by atoms with Gasteiger partial charge in [0.25, 0.3) is 0 Å². The van der Waals surface area contributed by atoms with Gasteiger partial charge in [0.15, 0.2) is 0 Å². The Kier molecular flexibility index (Phi) is 2.65. The van der Waals surface area contributed by atoms with Crippen molar-refractivity contribution in [2.45, 2.75) is 54.5 Å². The standard InChI is InChI=1S/C16H17NOS/c17-10-16(8-12-5-6-15(16)18-12)9-13-7-11-3-1-2-4-14(11)19-13/h1-4,12-13,15H,5-9H2. The smallest absolute Gasteiger partial charge is 0.0870 e. The quantitative estimate of drug-likeness (QED) is 0.824. The van der Waals surface area contributed by atoms with E-state index in [4.69, 9.17) is 4.74 Å². The van der Waals surface area contributed by atoms with E-state index in [9.17, 15) is 5.26 Å². The van der Waals surface area contributed by atoms with Gasteiger partial charge >= 0.3 is 0 Å². The molecule has 0 radical (unpaired) electrons. The zero-order valence-electron chi connectivity index (χ0n) is 10.8. The number of nitriles is 1. The second-order valence-corrected chi connectivity index (χ2v) is 7.39. The van der Waals surface area contributed by atoms with Crippen LogP contribution < -0.4 is 0 Å². The molecule has 2 nitrogen and oxygen atoms in total. The maximum absolute atomic E-state index is 9.68. The summed E-state index contributed by atoms with van der Waals surface area (Å²) < 4.78 is 5.93. The highest BCUT2D eigenvalue weighted by atomic mass is 32.2. The van der Waals surface area contributed by atoms with Crippen LogP contribution in [0.5, 0.6) is 0 Å². The van der Waals surface area contributed by atoms with Crippen molar-refractivity contribution in [1.29, 1.82) is 5.26 Å². The number of hydrogen-bond donors (Lipinski definition) is 0. The molecule has 19 heavy (non-hydrogen) atoms. The largest absolute Gasteiger partial charge is 0.373 e. The summed E-state index contributed by atoms with van der Waals surface area (Å²) in [6, 6.07) is 11.3. The second kappa shape index (κ2) is 4.26. The summed E-state index contributed by atoms with van der Waals surface area (Å²) in [5, 5.41) is 10.2. The Balaban J connectivity index is 1.53. The Morgan fingerprint density at radius 2 is 2.26 bits per heavy atom. The summed E-state index contributed by atoms with van der Waals surface area (Å²) in [5.74, 6) is 0. The topological polar surface area (TPSA) is 33.0 Å². The van der Waals surface area contributed by atoms with Crippen LogP contribution in [0.4, 0.5) is 0 Å². The van der Waals surface area contributed by atoms with E-state index in [1.165, 1.54) is 10.5 Å². The van der Waals surface area contributed by atoms with Crippen molar-refractivity contribution in [2.75, 3.05) is 0 Å². The average molecular weight is 271 g/mol. The molecule has 0 amide bonds. The van der Waals surface area contributed by atoms with Crippen molar-refractivity contribution in [3.63, 3.8) is 0 Å². The van der Waals surface area contributed by atoms with Crippen molar-refractivity contribution in [3.8, 4) is 6.07 Å². The maximum atomic E-state index is 9.68. The Morgan fingerprint density at radius 3 is 2.95 bits per heavy atom. The van der Waals surface area contributed by atoms with E-state index in [0.717, 1.165) is 32.1 Å². The number of ether oxygens (including phenoxy) is 1. The lowest BCUT2D eigenvalue weighted by atomic mass is 9.71. The molecule has 0 saturated carbocycles. The lowest BCUT2D eigenvalue weighted by Crippen LogP contribution is -2.33. The van der Waals surface area contributed by atoms with Gasteiger partial charge in [-0.3, -0.25) is 0 Å². The zero-order chi connectivity index (χ0) is 12.9. The van der Waals surface area contributed by atoms with E-state index in [-0.39, 0.29) is 11.5 Å². The molecule has 3 aliphatic rings. The van der Waals surface area contributed by atoms with Crippen LogP contribution in [-0.2, 0) is 11.2 Å². The predicted molar refractivity (Wildman–Crippen MR) is 75.0 cm³/mol. The van der Waals surface area contributed by atoms with E-state index in [1.807, 2.05) is 11.8 Å². The fourth-order valence-electron chi connectivity index (χ4n) is 3.95. The van der Waals surface area contributed by atoms with Crippen LogP contribution in [0.15, 0.2) is 29.2 Å². The minimum absolute atomic E-state index is 0.201. The first-order chi connectivity index (χ1) is 9.29. The van der Waals surface area contributed by atoms with Crippen molar-refractivity contribution < 1.29 is 4.74 Å². The van der Waals surface area contributed by atoms with Gasteiger partial charge in [0.2, 0.25) is 0 Å². The third-order valence-electron chi connectivity index (χ3n) is 4.84. The molecule has 2 saturated heterocycles. The third-order valence-corrected chi connectivity index (χ3v) is 6.16. The molecule has 98 valence electrons.